The Kier molecular flexibility index (Phi) is 3.43. The van der Waals surface area contributed by atoms with Crippen LogP contribution < -0.4 is 5.73 Å². The number of carbonyl (C=O) groups excluding carboxylic acids is 2. The number of hydrogen-bond acceptors (Lipinski definition) is 3. The van der Waals surface area contributed by atoms with Gasteiger partial charge in [-0.2, -0.15) is 5.26 Å². The normalized spacial score (nSPS) is 10.3. The summed E-state index contributed by atoms with van der Waals surface area (Å²) < 4.78 is 0. The minimum absolute atomic E-state index is 0.163. The van der Waals surface area contributed by atoms with Crippen molar-refractivity contribution in [3.8, 4) is 6.07 Å². The standard InChI is InChI=1S/C8H13N3O2/c1-8(2,5-9)7(13)11(3)4-6(10)12/h4H2,1-3H3,(H2,10,12). The molecule has 0 aromatic heterocycles. The number of hydrogen-bond donors (Lipinski definition) is 1. The van der Waals surface area contributed by atoms with Crippen molar-refractivity contribution in [2.75, 3.05) is 13.6 Å². The van der Waals surface area contributed by atoms with Gasteiger partial charge in [0.15, 0.2) is 0 Å². The van der Waals surface area contributed by atoms with Crippen molar-refractivity contribution in [3.63, 3.8) is 0 Å². The Hall–Kier alpha value is -1.57. The summed E-state index contributed by atoms with van der Waals surface area (Å²) in [5.74, 6) is -1.00. The SMILES string of the molecule is CN(CC(N)=O)C(=O)C(C)(C)C#N. The lowest BCUT2D eigenvalue weighted by Crippen LogP contribution is -2.42. The molecule has 0 radical (unpaired) electrons. The molecule has 0 heterocycles. The van der Waals surface area contributed by atoms with Gasteiger partial charge in [-0.1, -0.05) is 0 Å². The second-order valence-corrected chi connectivity index (χ2v) is 3.36. The van der Waals surface area contributed by atoms with Crippen LogP contribution in [0.25, 0.3) is 0 Å². The number of rotatable bonds is 3. The third kappa shape index (κ3) is 3.11. The van der Waals surface area contributed by atoms with Crippen molar-refractivity contribution in [1.29, 1.82) is 5.26 Å². The third-order valence-corrected chi connectivity index (χ3v) is 1.55. The maximum Gasteiger partial charge on any atom is 0.242 e. The van der Waals surface area contributed by atoms with E-state index in [0.717, 1.165) is 4.90 Å². The van der Waals surface area contributed by atoms with Gasteiger partial charge in [0.1, 0.15) is 5.41 Å². The van der Waals surface area contributed by atoms with Crippen LogP contribution in [-0.2, 0) is 9.59 Å². The van der Waals surface area contributed by atoms with Gasteiger partial charge in [-0.15, -0.1) is 0 Å². The van der Waals surface area contributed by atoms with Gasteiger partial charge in [-0.25, -0.2) is 0 Å². The summed E-state index contributed by atoms with van der Waals surface area (Å²) in [6.07, 6.45) is 0. The highest BCUT2D eigenvalue weighted by Gasteiger charge is 2.30. The number of primary amides is 1. The quantitative estimate of drug-likeness (QED) is 0.638. The van der Waals surface area contributed by atoms with Crippen LogP contribution in [0, 0.1) is 16.7 Å². The van der Waals surface area contributed by atoms with E-state index in [4.69, 9.17) is 11.0 Å². The van der Waals surface area contributed by atoms with E-state index in [1.54, 1.807) is 0 Å². The van der Waals surface area contributed by atoms with Crippen molar-refractivity contribution < 1.29 is 9.59 Å². The number of nitrogens with zero attached hydrogens (tertiary/aromatic N) is 2. The largest absolute Gasteiger partial charge is 0.368 e. The van der Waals surface area contributed by atoms with Crippen LogP contribution in [0.15, 0.2) is 0 Å². The number of amides is 2. The molecule has 13 heavy (non-hydrogen) atoms. The highest BCUT2D eigenvalue weighted by molar-refractivity contribution is 5.88. The second kappa shape index (κ2) is 3.90. The van der Waals surface area contributed by atoms with Crippen LogP contribution in [0.4, 0.5) is 0 Å². The van der Waals surface area contributed by atoms with Crippen molar-refractivity contribution in [2.45, 2.75) is 13.8 Å². The Morgan fingerprint density at radius 1 is 1.54 bits per heavy atom. The Labute approximate surface area is 77.1 Å². The number of likely N-dealkylation sites (N-methyl/N-ethyl adjacent to an activating group) is 1. The average Bonchev–Trinajstić information content (AvgIpc) is 2.01. The van der Waals surface area contributed by atoms with E-state index in [1.165, 1.54) is 20.9 Å². The van der Waals surface area contributed by atoms with E-state index < -0.39 is 17.2 Å². The van der Waals surface area contributed by atoms with Crippen molar-refractivity contribution in [2.24, 2.45) is 11.1 Å². The minimum atomic E-state index is -1.11. The molecule has 0 unspecified atom stereocenters. The summed E-state index contributed by atoms with van der Waals surface area (Å²) in [7, 11) is 1.44. The molecule has 72 valence electrons. The lowest BCUT2D eigenvalue weighted by atomic mass is 9.94. The molecule has 0 saturated heterocycles. The van der Waals surface area contributed by atoms with E-state index in [9.17, 15) is 9.59 Å². The first-order chi connectivity index (χ1) is 5.81. The zero-order valence-electron chi connectivity index (χ0n) is 8.00. The molecule has 0 saturated carbocycles. The molecule has 0 atom stereocenters. The highest BCUT2D eigenvalue weighted by Crippen LogP contribution is 2.15. The molecule has 0 aliphatic heterocycles. The maximum absolute atomic E-state index is 11.4. The minimum Gasteiger partial charge on any atom is -0.368 e. The molecular formula is C8H13N3O2. The van der Waals surface area contributed by atoms with Crippen LogP contribution in [0.5, 0.6) is 0 Å². The predicted octanol–water partition coefficient (Wildman–Crippen LogP) is -0.520. The van der Waals surface area contributed by atoms with Crippen LogP contribution in [0.2, 0.25) is 0 Å². The highest BCUT2D eigenvalue weighted by atomic mass is 16.2. The lowest BCUT2D eigenvalue weighted by Gasteiger charge is -2.22. The monoisotopic (exact) mass is 183 g/mol. The smallest absolute Gasteiger partial charge is 0.242 e. The van der Waals surface area contributed by atoms with Crippen molar-refractivity contribution in [1.82, 2.24) is 4.90 Å². The van der Waals surface area contributed by atoms with E-state index in [-0.39, 0.29) is 6.54 Å². The fraction of sp³-hybridized carbons (Fsp3) is 0.625. The van der Waals surface area contributed by atoms with E-state index in [1.807, 2.05) is 6.07 Å². The van der Waals surface area contributed by atoms with Gasteiger partial charge < -0.3 is 10.6 Å². The molecule has 0 aliphatic carbocycles. The molecule has 5 heteroatoms. The van der Waals surface area contributed by atoms with E-state index >= 15 is 0 Å². The summed E-state index contributed by atoms with van der Waals surface area (Å²) in [5.41, 5.74) is 3.79. The maximum atomic E-state index is 11.4. The van der Waals surface area contributed by atoms with Gasteiger partial charge in [0, 0.05) is 7.05 Å². The summed E-state index contributed by atoms with van der Waals surface area (Å²) in [5, 5.41) is 8.63. The molecule has 2 amide bonds. The Morgan fingerprint density at radius 3 is 2.31 bits per heavy atom. The summed E-state index contributed by atoms with van der Waals surface area (Å²) in [6, 6.07) is 1.85. The lowest BCUT2D eigenvalue weighted by molar-refractivity contribution is -0.139. The molecular weight excluding hydrogens is 170 g/mol. The number of carbonyl (C=O) groups is 2. The fourth-order valence-corrected chi connectivity index (χ4v) is 0.831. The molecule has 0 bridgehead atoms. The number of nitriles is 1. The van der Waals surface area contributed by atoms with Gasteiger partial charge >= 0.3 is 0 Å². The molecule has 0 rings (SSSR count). The molecule has 0 spiro atoms. The van der Waals surface area contributed by atoms with Crippen LogP contribution >= 0.6 is 0 Å². The average molecular weight is 183 g/mol. The first-order valence-electron chi connectivity index (χ1n) is 3.76. The Balaban J connectivity index is 4.45. The van der Waals surface area contributed by atoms with Crippen LogP contribution in [-0.4, -0.2) is 30.3 Å². The molecule has 2 N–H and O–H groups in total. The van der Waals surface area contributed by atoms with Crippen molar-refractivity contribution >= 4 is 11.8 Å². The Morgan fingerprint density at radius 2 is 2.00 bits per heavy atom. The molecule has 0 aliphatic rings. The summed E-state index contributed by atoms with van der Waals surface area (Å²) in [6.45, 7) is 2.82. The first-order valence-corrected chi connectivity index (χ1v) is 3.76. The number of nitrogens with two attached hydrogens (primary N) is 1. The zero-order chi connectivity index (χ0) is 10.6. The van der Waals surface area contributed by atoms with Crippen LogP contribution in [0.1, 0.15) is 13.8 Å². The van der Waals surface area contributed by atoms with Gasteiger partial charge in [-0.3, -0.25) is 9.59 Å². The van der Waals surface area contributed by atoms with Gasteiger partial charge in [0.05, 0.1) is 12.6 Å². The molecule has 0 fully saturated rings. The summed E-state index contributed by atoms with van der Waals surface area (Å²) >= 11 is 0. The van der Waals surface area contributed by atoms with Crippen molar-refractivity contribution in [3.05, 3.63) is 0 Å². The first kappa shape index (κ1) is 11.4. The molecule has 0 aromatic carbocycles. The third-order valence-electron chi connectivity index (χ3n) is 1.55. The van der Waals surface area contributed by atoms with E-state index in [2.05, 4.69) is 0 Å². The van der Waals surface area contributed by atoms with Gasteiger partial charge in [0.2, 0.25) is 11.8 Å². The predicted molar refractivity (Wildman–Crippen MR) is 46.2 cm³/mol. The topological polar surface area (TPSA) is 87.2 Å². The van der Waals surface area contributed by atoms with Crippen LogP contribution in [0.3, 0.4) is 0 Å². The van der Waals surface area contributed by atoms with Gasteiger partial charge in [0.25, 0.3) is 0 Å². The zero-order valence-corrected chi connectivity index (χ0v) is 8.00. The summed E-state index contributed by atoms with van der Waals surface area (Å²) in [4.78, 5) is 23.0. The van der Waals surface area contributed by atoms with Gasteiger partial charge in [-0.05, 0) is 13.8 Å². The fourth-order valence-electron chi connectivity index (χ4n) is 0.831. The Bertz CT molecular complexity index is 265. The molecule has 0 aromatic rings. The van der Waals surface area contributed by atoms with E-state index in [0.29, 0.717) is 0 Å². The molecule has 5 nitrogen and oxygen atoms in total. The second-order valence-electron chi connectivity index (χ2n) is 3.36.